The van der Waals surface area contributed by atoms with E-state index in [2.05, 4.69) is 18.7 Å². The summed E-state index contributed by atoms with van der Waals surface area (Å²) in [5.74, 6) is -0.0867. The summed E-state index contributed by atoms with van der Waals surface area (Å²) in [5.41, 5.74) is 1.04. The van der Waals surface area contributed by atoms with Crippen molar-refractivity contribution < 1.29 is 18.3 Å². The topological polar surface area (TPSA) is 63.0 Å². The van der Waals surface area contributed by atoms with Gasteiger partial charge in [-0.05, 0) is 49.8 Å². The number of hydrogen-bond donors (Lipinski definition) is 0. The zero-order valence-electron chi connectivity index (χ0n) is 18.6. The molecule has 1 amide bonds. The average molecular weight is 438 g/mol. The van der Waals surface area contributed by atoms with Crippen LogP contribution in [-0.4, -0.2) is 48.5 Å². The monoisotopic (exact) mass is 438 g/mol. The molecule has 0 N–H and O–H groups in total. The van der Waals surface area contributed by atoms with Gasteiger partial charge in [0.2, 0.25) is 5.76 Å². The van der Waals surface area contributed by atoms with Gasteiger partial charge in [0.1, 0.15) is 17.1 Å². The molecule has 2 aromatic carbocycles. The van der Waals surface area contributed by atoms with Crippen molar-refractivity contribution >= 4 is 16.9 Å². The molecule has 32 heavy (non-hydrogen) atoms. The van der Waals surface area contributed by atoms with Crippen LogP contribution in [0.2, 0.25) is 0 Å². The zero-order valence-corrected chi connectivity index (χ0v) is 18.6. The molecule has 0 saturated carbocycles. The third-order valence-corrected chi connectivity index (χ3v) is 5.99. The molecule has 0 saturated heterocycles. The van der Waals surface area contributed by atoms with E-state index in [0.717, 1.165) is 13.1 Å². The number of fused-ring (bicyclic) bond motifs is 2. The first-order chi connectivity index (χ1) is 15.5. The smallest absolute Gasteiger partial charge is 0.290 e. The molecule has 1 atom stereocenters. The van der Waals surface area contributed by atoms with Crippen molar-refractivity contribution in [1.82, 2.24) is 9.80 Å². The lowest BCUT2D eigenvalue weighted by Crippen LogP contribution is -2.37. The SMILES string of the molecule is CCOc1ccc2c(=O)c3c(oc2c1)C(=O)N(CCN(CC)CC)C3c1ccc(F)cc1. The fourth-order valence-corrected chi connectivity index (χ4v) is 4.27. The lowest BCUT2D eigenvalue weighted by Gasteiger charge is -2.28. The van der Waals surface area contributed by atoms with Gasteiger partial charge in [-0.3, -0.25) is 9.59 Å². The minimum atomic E-state index is -0.624. The van der Waals surface area contributed by atoms with E-state index in [4.69, 9.17) is 9.15 Å². The highest BCUT2D eigenvalue weighted by Crippen LogP contribution is 2.38. The summed E-state index contributed by atoms with van der Waals surface area (Å²) in [7, 11) is 0. The van der Waals surface area contributed by atoms with E-state index >= 15 is 0 Å². The molecule has 0 spiro atoms. The number of amides is 1. The first kappa shape index (κ1) is 22.0. The quantitative estimate of drug-likeness (QED) is 0.527. The average Bonchev–Trinajstić information content (AvgIpc) is 3.07. The molecule has 2 heterocycles. The molecule has 4 rings (SSSR count). The summed E-state index contributed by atoms with van der Waals surface area (Å²) in [5, 5.41) is 0.387. The molecular weight excluding hydrogens is 411 g/mol. The van der Waals surface area contributed by atoms with Crippen molar-refractivity contribution in [2.45, 2.75) is 26.8 Å². The Labute approximate surface area is 186 Å². The number of benzene rings is 2. The number of carbonyl (C=O) groups is 1. The highest BCUT2D eigenvalue weighted by Gasteiger charge is 2.42. The van der Waals surface area contributed by atoms with Crippen molar-refractivity contribution in [2.24, 2.45) is 0 Å². The zero-order chi connectivity index (χ0) is 22.8. The van der Waals surface area contributed by atoms with Crippen LogP contribution in [0.25, 0.3) is 11.0 Å². The van der Waals surface area contributed by atoms with Gasteiger partial charge in [-0.2, -0.15) is 0 Å². The Balaban J connectivity index is 1.85. The van der Waals surface area contributed by atoms with Gasteiger partial charge in [0.05, 0.1) is 23.6 Å². The second kappa shape index (κ2) is 9.12. The maximum Gasteiger partial charge on any atom is 0.290 e. The maximum atomic E-state index is 13.6. The highest BCUT2D eigenvalue weighted by molar-refractivity contribution is 5.99. The molecule has 168 valence electrons. The predicted octanol–water partition coefficient (Wildman–Crippen LogP) is 4.22. The van der Waals surface area contributed by atoms with Gasteiger partial charge >= 0.3 is 0 Å². The third-order valence-electron chi connectivity index (χ3n) is 5.99. The van der Waals surface area contributed by atoms with Crippen LogP contribution in [0.5, 0.6) is 5.75 Å². The number of carbonyl (C=O) groups excluding carboxylic acids is 1. The summed E-state index contributed by atoms with van der Waals surface area (Å²) in [6.45, 7) is 9.27. The van der Waals surface area contributed by atoms with Gasteiger partial charge in [0.15, 0.2) is 5.43 Å². The summed E-state index contributed by atoms with van der Waals surface area (Å²) < 4.78 is 25.1. The van der Waals surface area contributed by atoms with Crippen LogP contribution in [0.3, 0.4) is 0 Å². The Hall–Kier alpha value is -3.19. The molecule has 0 aliphatic carbocycles. The highest BCUT2D eigenvalue weighted by atomic mass is 19.1. The fourth-order valence-electron chi connectivity index (χ4n) is 4.27. The van der Waals surface area contributed by atoms with Crippen LogP contribution < -0.4 is 10.2 Å². The Bertz CT molecular complexity index is 1190. The van der Waals surface area contributed by atoms with Gasteiger partial charge < -0.3 is 19.0 Å². The number of hydrogen-bond acceptors (Lipinski definition) is 5. The second-order valence-electron chi connectivity index (χ2n) is 7.74. The van der Waals surface area contributed by atoms with Crippen LogP contribution in [0, 0.1) is 5.82 Å². The summed E-state index contributed by atoms with van der Waals surface area (Å²) in [6, 6.07) is 10.3. The van der Waals surface area contributed by atoms with Gasteiger partial charge in [0, 0.05) is 19.2 Å². The van der Waals surface area contributed by atoms with Gasteiger partial charge in [-0.1, -0.05) is 26.0 Å². The molecule has 6 nitrogen and oxygen atoms in total. The summed E-state index contributed by atoms with van der Waals surface area (Å²) in [4.78, 5) is 30.8. The van der Waals surface area contributed by atoms with Crippen LogP contribution >= 0.6 is 0 Å². The fraction of sp³-hybridized carbons (Fsp3) is 0.360. The number of halogens is 1. The normalized spacial score (nSPS) is 15.6. The molecule has 1 aliphatic rings. The number of rotatable bonds is 8. The number of likely N-dealkylation sites (N-methyl/N-ethyl adjacent to an activating group) is 1. The third kappa shape index (κ3) is 3.88. The van der Waals surface area contributed by atoms with Crippen molar-refractivity contribution in [1.29, 1.82) is 0 Å². The minimum Gasteiger partial charge on any atom is -0.494 e. The van der Waals surface area contributed by atoms with E-state index in [9.17, 15) is 14.0 Å². The Kier molecular flexibility index (Phi) is 6.28. The predicted molar refractivity (Wildman–Crippen MR) is 121 cm³/mol. The van der Waals surface area contributed by atoms with Crippen LogP contribution in [-0.2, 0) is 0 Å². The van der Waals surface area contributed by atoms with Gasteiger partial charge in [-0.25, -0.2) is 4.39 Å². The first-order valence-corrected chi connectivity index (χ1v) is 11.0. The second-order valence-corrected chi connectivity index (χ2v) is 7.74. The summed E-state index contributed by atoms with van der Waals surface area (Å²) in [6.07, 6.45) is 0. The molecule has 7 heteroatoms. The van der Waals surface area contributed by atoms with Gasteiger partial charge in [0.25, 0.3) is 5.91 Å². The van der Waals surface area contributed by atoms with E-state index in [0.29, 0.717) is 47.5 Å². The molecule has 1 aliphatic heterocycles. The first-order valence-electron chi connectivity index (χ1n) is 11.0. The van der Waals surface area contributed by atoms with Crippen LogP contribution in [0.1, 0.15) is 48.5 Å². The van der Waals surface area contributed by atoms with Crippen LogP contribution in [0.15, 0.2) is 51.7 Å². The van der Waals surface area contributed by atoms with Crippen molar-refractivity contribution in [3.05, 3.63) is 75.4 Å². The van der Waals surface area contributed by atoms with Crippen molar-refractivity contribution in [3.63, 3.8) is 0 Å². The van der Waals surface area contributed by atoms with E-state index in [-0.39, 0.29) is 22.9 Å². The molecule has 3 aromatic rings. The van der Waals surface area contributed by atoms with E-state index in [1.165, 1.54) is 12.1 Å². The Morgan fingerprint density at radius 3 is 2.44 bits per heavy atom. The molecule has 0 bridgehead atoms. The Morgan fingerprint density at radius 1 is 1.06 bits per heavy atom. The van der Waals surface area contributed by atoms with E-state index in [1.54, 1.807) is 35.2 Å². The molecular formula is C25H27FN2O4. The Morgan fingerprint density at radius 2 is 1.78 bits per heavy atom. The molecule has 1 aromatic heterocycles. The van der Waals surface area contributed by atoms with E-state index in [1.807, 2.05) is 6.92 Å². The lowest BCUT2D eigenvalue weighted by atomic mass is 9.98. The number of nitrogens with zero attached hydrogens (tertiary/aromatic N) is 2. The molecule has 0 radical (unpaired) electrons. The van der Waals surface area contributed by atoms with E-state index < -0.39 is 6.04 Å². The largest absolute Gasteiger partial charge is 0.494 e. The molecule has 1 unspecified atom stereocenters. The maximum absolute atomic E-state index is 13.6. The van der Waals surface area contributed by atoms with Crippen LogP contribution in [0.4, 0.5) is 4.39 Å². The van der Waals surface area contributed by atoms with Crippen molar-refractivity contribution in [3.8, 4) is 5.75 Å². The minimum absolute atomic E-state index is 0.0463. The van der Waals surface area contributed by atoms with Crippen molar-refractivity contribution in [2.75, 3.05) is 32.8 Å². The number of ether oxygens (including phenoxy) is 1. The molecule has 0 fully saturated rings. The standard InChI is InChI=1S/C25H27FN2O4/c1-4-27(5-2)13-14-28-22(16-7-9-17(26)10-8-16)21-23(29)19-12-11-18(31-6-3)15-20(19)32-24(21)25(28)30/h7-12,15,22H,4-6,13-14H2,1-3H3. The van der Waals surface area contributed by atoms with Gasteiger partial charge in [-0.15, -0.1) is 0 Å². The summed E-state index contributed by atoms with van der Waals surface area (Å²) >= 11 is 0. The lowest BCUT2D eigenvalue weighted by molar-refractivity contribution is 0.0708.